The van der Waals surface area contributed by atoms with Gasteiger partial charge in [0.2, 0.25) is 5.88 Å². The number of nitrogens with zero attached hydrogens (tertiary/aromatic N) is 3. The molecular formula is C19H23N3O. The van der Waals surface area contributed by atoms with E-state index in [0.717, 1.165) is 24.2 Å². The maximum absolute atomic E-state index is 9.43. The van der Waals surface area contributed by atoms with E-state index in [0.29, 0.717) is 17.4 Å². The maximum Gasteiger partial charge on any atom is 0.232 e. The predicted octanol–water partition coefficient (Wildman–Crippen LogP) is 3.72. The van der Waals surface area contributed by atoms with Gasteiger partial charge in [0.15, 0.2) is 0 Å². The molecule has 0 saturated carbocycles. The van der Waals surface area contributed by atoms with Crippen LogP contribution in [0.3, 0.4) is 0 Å². The molecule has 0 aliphatic heterocycles. The number of pyridine rings is 1. The van der Waals surface area contributed by atoms with Gasteiger partial charge in [-0.05, 0) is 36.2 Å². The maximum atomic E-state index is 9.43. The van der Waals surface area contributed by atoms with E-state index < -0.39 is 0 Å². The van der Waals surface area contributed by atoms with Gasteiger partial charge in [0.25, 0.3) is 0 Å². The summed E-state index contributed by atoms with van der Waals surface area (Å²) in [5.74, 6) is 1.00. The third-order valence-corrected chi connectivity index (χ3v) is 3.59. The van der Waals surface area contributed by atoms with Crippen molar-refractivity contribution in [1.29, 1.82) is 5.26 Å². The molecule has 4 heteroatoms. The van der Waals surface area contributed by atoms with Gasteiger partial charge < -0.3 is 9.64 Å². The quantitative estimate of drug-likeness (QED) is 0.816. The van der Waals surface area contributed by atoms with Crippen LogP contribution in [-0.4, -0.2) is 30.6 Å². The van der Waals surface area contributed by atoms with Crippen molar-refractivity contribution in [3.63, 3.8) is 0 Å². The Kier molecular flexibility index (Phi) is 5.72. The lowest BCUT2D eigenvalue weighted by Gasteiger charge is -2.19. The van der Waals surface area contributed by atoms with Crippen LogP contribution in [0.5, 0.6) is 5.88 Å². The number of methoxy groups -OCH3 is 1. The monoisotopic (exact) mass is 309 g/mol. The fourth-order valence-electron chi connectivity index (χ4n) is 2.78. The van der Waals surface area contributed by atoms with Crippen molar-refractivity contribution in [2.75, 3.05) is 20.7 Å². The summed E-state index contributed by atoms with van der Waals surface area (Å²) in [6, 6.07) is 12.4. The van der Waals surface area contributed by atoms with E-state index in [2.05, 4.69) is 49.0 Å². The summed E-state index contributed by atoms with van der Waals surface area (Å²) >= 11 is 0. The minimum Gasteiger partial charge on any atom is -0.480 e. The summed E-state index contributed by atoms with van der Waals surface area (Å²) in [6.07, 6.45) is 1.67. The van der Waals surface area contributed by atoms with Gasteiger partial charge in [-0.25, -0.2) is 4.98 Å². The molecule has 23 heavy (non-hydrogen) atoms. The molecule has 120 valence electrons. The highest BCUT2D eigenvalue weighted by Gasteiger charge is 2.12. The highest BCUT2D eigenvalue weighted by atomic mass is 16.5. The van der Waals surface area contributed by atoms with Crippen LogP contribution in [0.1, 0.15) is 25.0 Å². The molecule has 0 aliphatic carbocycles. The van der Waals surface area contributed by atoms with Gasteiger partial charge in [-0.15, -0.1) is 0 Å². The Bertz CT molecular complexity index is 704. The van der Waals surface area contributed by atoms with E-state index in [9.17, 15) is 5.26 Å². The number of hydrogen-bond acceptors (Lipinski definition) is 4. The Morgan fingerprint density at radius 1 is 1.30 bits per heavy atom. The van der Waals surface area contributed by atoms with E-state index in [1.165, 1.54) is 12.7 Å². The molecule has 2 aromatic rings. The van der Waals surface area contributed by atoms with Gasteiger partial charge in [-0.2, -0.15) is 5.26 Å². The van der Waals surface area contributed by atoms with Crippen LogP contribution in [0.2, 0.25) is 0 Å². The summed E-state index contributed by atoms with van der Waals surface area (Å²) in [5.41, 5.74) is 3.57. The third kappa shape index (κ3) is 4.30. The van der Waals surface area contributed by atoms with Crippen molar-refractivity contribution >= 4 is 0 Å². The Morgan fingerprint density at radius 3 is 2.74 bits per heavy atom. The van der Waals surface area contributed by atoms with Crippen LogP contribution in [0.4, 0.5) is 0 Å². The zero-order valence-electron chi connectivity index (χ0n) is 14.2. The second-order valence-electron chi connectivity index (χ2n) is 6.15. The number of rotatable bonds is 6. The standard InChI is InChI=1S/C19H23N3O/c1-14(2)12-22(3)13-15-6-5-7-16(10-15)17-8-9-21-19(23-4)18(17)11-20/h5-10,14H,12-13H2,1-4H3. The smallest absolute Gasteiger partial charge is 0.232 e. The molecule has 0 saturated heterocycles. The lowest BCUT2D eigenvalue weighted by atomic mass is 9.99. The van der Waals surface area contributed by atoms with Crippen molar-refractivity contribution in [3.05, 3.63) is 47.7 Å². The van der Waals surface area contributed by atoms with Crippen molar-refractivity contribution < 1.29 is 4.74 Å². The molecule has 1 aromatic heterocycles. The van der Waals surface area contributed by atoms with E-state index >= 15 is 0 Å². The summed E-state index contributed by atoms with van der Waals surface area (Å²) < 4.78 is 5.20. The van der Waals surface area contributed by atoms with Gasteiger partial charge in [0, 0.05) is 24.8 Å². The van der Waals surface area contributed by atoms with Crippen molar-refractivity contribution in [2.45, 2.75) is 20.4 Å². The first-order valence-corrected chi connectivity index (χ1v) is 7.76. The SMILES string of the molecule is COc1nccc(-c2cccc(CN(C)CC(C)C)c2)c1C#N. The molecule has 4 nitrogen and oxygen atoms in total. The molecule has 1 aromatic carbocycles. The molecule has 0 aliphatic rings. The molecule has 0 atom stereocenters. The van der Waals surface area contributed by atoms with Crippen LogP contribution in [0.15, 0.2) is 36.5 Å². The number of benzene rings is 1. The van der Waals surface area contributed by atoms with Gasteiger partial charge in [-0.1, -0.05) is 32.0 Å². The molecule has 0 radical (unpaired) electrons. The Labute approximate surface area is 138 Å². The molecular weight excluding hydrogens is 286 g/mol. The van der Waals surface area contributed by atoms with E-state index in [1.54, 1.807) is 6.20 Å². The lowest BCUT2D eigenvalue weighted by Crippen LogP contribution is -2.22. The second kappa shape index (κ2) is 7.75. The Balaban J connectivity index is 2.32. The summed E-state index contributed by atoms with van der Waals surface area (Å²) in [6.45, 7) is 6.37. The molecule has 1 heterocycles. The van der Waals surface area contributed by atoms with Crippen LogP contribution in [0.25, 0.3) is 11.1 Å². The first-order valence-electron chi connectivity index (χ1n) is 7.76. The summed E-state index contributed by atoms with van der Waals surface area (Å²) in [7, 11) is 3.66. The molecule has 0 N–H and O–H groups in total. The Hall–Kier alpha value is -2.38. The van der Waals surface area contributed by atoms with Crippen molar-refractivity contribution in [3.8, 4) is 23.1 Å². The summed E-state index contributed by atoms with van der Waals surface area (Å²) in [5, 5.41) is 9.43. The van der Waals surface area contributed by atoms with Crippen LogP contribution >= 0.6 is 0 Å². The number of hydrogen-bond donors (Lipinski definition) is 0. The summed E-state index contributed by atoms with van der Waals surface area (Å²) in [4.78, 5) is 6.41. The minimum atomic E-state index is 0.368. The van der Waals surface area contributed by atoms with Crippen LogP contribution in [0, 0.1) is 17.2 Å². The molecule has 0 unspecified atom stereocenters. The molecule has 2 rings (SSSR count). The fourth-order valence-corrected chi connectivity index (χ4v) is 2.78. The molecule has 0 fully saturated rings. The third-order valence-electron chi connectivity index (χ3n) is 3.59. The Morgan fingerprint density at radius 2 is 2.09 bits per heavy atom. The highest BCUT2D eigenvalue weighted by Crippen LogP contribution is 2.29. The van der Waals surface area contributed by atoms with E-state index in [-0.39, 0.29) is 0 Å². The van der Waals surface area contributed by atoms with Crippen LogP contribution in [-0.2, 0) is 6.54 Å². The average molecular weight is 309 g/mol. The number of nitriles is 1. The topological polar surface area (TPSA) is 49.1 Å². The first-order chi connectivity index (χ1) is 11.0. The molecule has 0 spiro atoms. The largest absolute Gasteiger partial charge is 0.480 e. The van der Waals surface area contributed by atoms with E-state index in [4.69, 9.17) is 4.74 Å². The minimum absolute atomic E-state index is 0.368. The highest BCUT2D eigenvalue weighted by molar-refractivity contribution is 5.72. The molecule has 0 amide bonds. The first kappa shape index (κ1) is 17.0. The normalized spacial score (nSPS) is 10.8. The lowest BCUT2D eigenvalue weighted by molar-refractivity contribution is 0.288. The van der Waals surface area contributed by atoms with E-state index in [1.807, 2.05) is 18.2 Å². The molecule has 0 bridgehead atoms. The van der Waals surface area contributed by atoms with Gasteiger partial charge in [-0.3, -0.25) is 0 Å². The van der Waals surface area contributed by atoms with Gasteiger partial charge in [0.1, 0.15) is 11.6 Å². The van der Waals surface area contributed by atoms with Crippen LogP contribution < -0.4 is 4.74 Å². The van der Waals surface area contributed by atoms with Crippen molar-refractivity contribution in [2.24, 2.45) is 5.92 Å². The van der Waals surface area contributed by atoms with Gasteiger partial charge >= 0.3 is 0 Å². The average Bonchev–Trinajstić information content (AvgIpc) is 2.53. The zero-order chi connectivity index (χ0) is 16.8. The second-order valence-corrected chi connectivity index (χ2v) is 6.15. The fraction of sp³-hybridized carbons (Fsp3) is 0.368. The predicted molar refractivity (Wildman–Crippen MR) is 92.1 cm³/mol. The number of aromatic nitrogens is 1. The zero-order valence-corrected chi connectivity index (χ0v) is 14.2. The van der Waals surface area contributed by atoms with Crippen molar-refractivity contribution in [1.82, 2.24) is 9.88 Å². The number of ether oxygens (including phenoxy) is 1. The van der Waals surface area contributed by atoms with Gasteiger partial charge in [0.05, 0.1) is 7.11 Å².